The molecule has 0 amide bonds. The maximum atomic E-state index is 8.87. The Hall–Kier alpha value is -2.48. The molecule has 1 aromatic heterocycles. The maximum absolute atomic E-state index is 8.87. The van der Waals surface area contributed by atoms with Crippen LogP contribution in [0.3, 0.4) is 0 Å². The quantitative estimate of drug-likeness (QED) is 0.861. The minimum atomic E-state index is 0.524. The van der Waals surface area contributed by atoms with E-state index in [-0.39, 0.29) is 0 Å². The van der Waals surface area contributed by atoms with Crippen LogP contribution in [0.1, 0.15) is 11.1 Å². The molecular weight excluding hydrogens is 216 g/mol. The van der Waals surface area contributed by atoms with Crippen molar-refractivity contribution in [3.63, 3.8) is 0 Å². The number of nitrogens with two attached hydrogens (primary N) is 1. The van der Waals surface area contributed by atoms with Crippen molar-refractivity contribution in [2.24, 2.45) is 0 Å². The van der Waals surface area contributed by atoms with Crippen LogP contribution in [0, 0.1) is 11.3 Å². The first-order valence-corrected chi connectivity index (χ1v) is 5.08. The summed E-state index contributed by atoms with van der Waals surface area (Å²) in [4.78, 5) is 0. The molecule has 1 heterocycles. The van der Waals surface area contributed by atoms with Gasteiger partial charge < -0.3 is 10.5 Å². The smallest absolute Gasteiger partial charge is 0.136 e. The normalized spacial score (nSPS) is 9.88. The second kappa shape index (κ2) is 4.58. The summed E-state index contributed by atoms with van der Waals surface area (Å²) in [5.41, 5.74) is 7.74. The molecule has 2 N–H and O–H groups in total. The van der Waals surface area contributed by atoms with E-state index in [1.165, 1.54) is 0 Å². The summed E-state index contributed by atoms with van der Waals surface area (Å²) in [7, 11) is 1.55. The molecule has 0 saturated heterocycles. The Balaban J connectivity index is 2.25. The number of benzene rings is 1. The summed E-state index contributed by atoms with van der Waals surface area (Å²) < 4.78 is 6.88. The van der Waals surface area contributed by atoms with E-state index in [0.29, 0.717) is 23.5 Å². The lowest BCUT2D eigenvalue weighted by molar-refractivity contribution is 0.412. The van der Waals surface area contributed by atoms with Gasteiger partial charge in [-0.05, 0) is 17.7 Å². The molecule has 0 radical (unpaired) electrons. The molecule has 0 aliphatic carbocycles. The van der Waals surface area contributed by atoms with Crippen molar-refractivity contribution >= 4 is 5.69 Å². The third-order valence-corrected chi connectivity index (χ3v) is 2.38. The van der Waals surface area contributed by atoms with Crippen LogP contribution >= 0.6 is 0 Å². The van der Waals surface area contributed by atoms with Crippen LogP contribution in [0.25, 0.3) is 0 Å². The van der Waals surface area contributed by atoms with E-state index < -0.39 is 0 Å². The number of ether oxygens (including phenoxy) is 1. The van der Waals surface area contributed by atoms with Gasteiger partial charge in [-0.25, -0.2) is 0 Å². The van der Waals surface area contributed by atoms with E-state index in [0.717, 1.165) is 5.56 Å². The van der Waals surface area contributed by atoms with E-state index in [4.69, 9.17) is 15.7 Å². The molecule has 0 aliphatic heterocycles. The van der Waals surface area contributed by atoms with Gasteiger partial charge in [-0.15, -0.1) is 0 Å². The van der Waals surface area contributed by atoms with Gasteiger partial charge in [0.05, 0.1) is 31.1 Å². The highest BCUT2D eigenvalue weighted by atomic mass is 16.5. The predicted octanol–water partition coefficient (Wildman–Crippen LogP) is 1.39. The van der Waals surface area contributed by atoms with Crippen molar-refractivity contribution in [2.75, 3.05) is 12.8 Å². The van der Waals surface area contributed by atoms with Crippen LogP contribution in [0.5, 0.6) is 5.75 Å². The van der Waals surface area contributed by atoms with Crippen molar-refractivity contribution in [3.05, 3.63) is 41.7 Å². The molecule has 2 aromatic rings. The van der Waals surface area contributed by atoms with Gasteiger partial charge in [-0.3, -0.25) is 4.68 Å². The van der Waals surface area contributed by atoms with Crippen LogP contribution in [0.2, 0.25) is 0 Å². The number of methoxy groups -OCH3 is 1. The topological polar surface area (TPSA) is 76.9 Å². The number of nitrogen functional groups attached to an aromatic ring is 1. The van der Waals surface area contributed by atoms with Gasteiger partial charge in [-0.2, -0.15) is 10.4 Å². The molecule has 17 heavy (non-hydrogen) atoms. The second-order valence-corrected chi connectivity index (χ2v) is 3.62. The summed E-state index contributed by atoms with van der Waals surface area (Å²) in [6.45, 7) is 0.596. The van der Waals surface area contributed by atoms with Gasteiger partial charge in [0.2, 0.25) is 0 Å². The molecule has 0 saturated carbocycles. The average Bonchev–Trinajstić information content (AvgIpc) is 2.74. The van der Waals surface area contributed by atoms with E-state index in [2.05, 4.69) is 11.2 Å². The Kier molecular flexibility index (Phi) is 2.97. The maximum Gasteiger partial charge on any atom is 0.136 e. The number of rotatable bonds is 3. The Morgan fingerprint density at radius 1 is 1.53 bits per heavy atom. The predicted molar refractivity (Wildman–Crippen MR) is 63.5 cm³/mol. The van der Waals surface area contributed by atoms with Crippen molar-refractivity contribution in [3.8, 4) is 11.8 Å². The average molecular weight is 228 g/mol. The Labute approximate surface area is 99.0 Å². The van der Waals surface area contributed by atoms with E-state index in [1.54, 1.807) is 30.3 Å². The first-order valence-electron chi connectivity index (χ1n) is 5.08. The summed E-state index contributed by atoms with van der Waals surface area (Å²) in [6, 6.07) is 7.52. The summed E-state index contributed by atoms with van der Waals surface area (Å²) in [6.07, 6.45) is 3.35. The monoisotopic (exact) mass is 228 g/mol. The summed E-state index contributed by atoms with van der Waals surface area (Å²) in [5, 5.41) is 13.0. The van der Waals surface area contributed by atoms with E-state index in [9.17, 15) is 0 Å². The van der Waals surface area contributed by atoms with Gasteiger partial charge in [0.15, 0.2) is 0 Å². The van der Waals surface area contributed by atoms with Gasteiger partial charge in [0.25, 0.3) is 0 Å². The zero-order chi connectivity index (χ0) is 12.3. The lowest BCUT2D eigenvalue weighted by Gasteiger charge is -2.06. The fraction of sp³-hybridized carbons (Fsp3) is 0.167. The zero-order valence-electron chi connectivity index (χ0n) is 9.42. The standard InChI is InChI=1S/C12H12N4O/c1-17-12-4-9(2-3-10(12)5-13)7-16-8-11(14)6-15-16/h2-4,6,8H,7,14H2,1H3. The summed E-state index contributed by atoms with van der Waals surface area (Å²) in [5.74, 6) is 0.574. The molecule has 0 bridgehead atoms. The first kappa shape index (κ1) is 11.0. The molecule has 0 atom stereocenters. The molecule has 1 aromatic carbocycles. The van der Waals surface area contributed by atoms with Crippen LogP contribution in [-0.4, -0.2) is 16.9 Å². The molecule has 5 nitrogen and oxygen atoms in total. The second-order valence-electron chi connectivity index (χ2n) is 3.62. The number of nitrogens with zero attached hydrogens (tertiary/aromatic N) is 3. The largest absolute Gasteiger partial charge is 0.495 e. The molecule has 86 valence electrons. The highest BCUT2D eigenvalue weighted by Crippen LogP contribution is 2.19. The molecule has 5 heteroatoms. The minimum Gasteiger partial charge on any atom is -0.495 e. The van der Waals surface area contributed by atoms with Crippen molar-refractivity contribution in [1.82, 2.24) is 9.78 Å². The van der Waals surface area contributed by atoms with Gasteiger partial charge in [-0.1, -0.05) is 6.07 Å². The molecule has 0 spiro atoms. The highest BCUT2D eigenvalue weighted by Gasteiger charge is 2.04. The Morgan fingerprint density at radius 3 is 2.94 bits per heavy atom. The fourth-order valence-corrected chi connectivity index (χ4v) is 1.58. The van der Waals surface area contributed by atoms with E-state index in [1.807, 2.05) is 12.1 Å². The first-order chi connectivity index (χ1) is 8.22. The van der Waals surface area contributed by atoms with Crippen molar-refractivity contribution < 1.29 is 4.74 Å². The third kappa shape index (κ3) is 2.37. The molecule has 0 aliphatic rings. The number of hydrogen-bond donors (Lipinski definition) is 1. The number of nitriles is 1. The number of aromatic nitrogens is 2. The molecule has 2 rings (SSSR count). The van der Waals surface area contributed by atoms with Gasteiger partial charge in [0, 0.05) is 6.20 Å². The number of hydrogen-bond acceptors (Lipinski definition) is 4. The minimum absolute atomic E-state index is 0.524. The summed E-state index contributed by atoms with van der Waals surface area (Å²) >= 11 is 0. The zero-order valence-corrected chi connectivity index (χ0v) is 9.42. The highest BCUT2D eigenvalue weighted by molar-refractivity contribution is 5.45. The number of anilines is 1. The van der Waals surface area contributed by atoms with Crippen LogP contribution in [-0.2, 0) is 6.54 Å². The van der Waals surface area contributed by atoms with Crippen molar-refractivity contribution in [1.29, 1.82) is 5.26 Å². The van der Waals surface area contributed by atoms with Gasteiger partial charge in [0.1, 0.15) is 11.8 Å². The van der Waals surface area contributed by atoms with Crippen molar-refractivity contribution in [2.45, 2.75) is 6.54 Å². The fourth-order valence-electron chi connectivity index (χ4n) is 1.58. The van der Waals surface area contributed by atoms with Gasteiger partial charge >= 0.3 is 0 Å². The lowest BCUT2D eigenvalue weighted by atomic mass is 10.1. The molecule has 0 unspecified atom stereocenters. The lowest BCUT2D eigenvalue weighted by Crippen LogP contribution is -2.00. The Morgan fingerprint density at radius 2 is 2.35 bits per heavy atom. The molecule has 0 fully saturated rings. The molecular formula is C12H12N4O. The van der Waals surface area contributed by atoms with Crippen LogP contribution in [0.15, 0.2) is 30.6 Å². The Bertz CT molecular complexity index is 568. The van der Waals surface area contributed by atoms with E-state index >= 15 is 0 Å². The SMILES string of the molecule is COc1cc(Cn2cc(N)cn2)ccc1C#N. The van der Waals surface area contributed by atoms with Crippen LogP contribution < -0.4 is 10.5 Å². The third-order valence-electron chi connectivity index (χ3n) is 2.38. The van der Waals surface area contributed by atoms with Crippen LogP contribution in [0.4, 0.5) is 5.69 Å².